The topological polar surface area (TPSA) is 75.3 Å². The lowest BCUT2D eigenvalue weighted by Crippen LogP contribution is -2.33. The summed E-state index contributed by atoms with van der Waals surface area (Å²) in [6.07, 6.45) is 4.02. The Morgan fingerprint density at radius 3 is 2.23 bits per heavy atom. The van der Waals surface area contributed by atoms with Crippen molar-refractivity contribution in [3.05, 3.63) is 58.1 Å². The van der Waals surface area contributed by atoms with Gasteiger partial charge in [0.2, 0.25) is 0 Å². The molecule has 138 valence electrons. The maximum absolute atomic E-state index is 12.6. The van der Waals surface area contributed by atoms with Crippen LogP contribution in [0.3, 0.4) is 0 Å². The lowest BCUT2D eigenvalue weighted by Gasteiger charge is -2.16. The van der Waals surface area contributed by atoms with Gasteiger partial charge in [0.1, 0.15) is 0 Å². The molecule has 26 heavy (non-hydrogen) atoms. The van der Waals surface area contributed by atoms with Crippen molar-refractivity contribution < 1.29 is 13.2 Å². The first-order valence-electron chi connectivity index (χ1n) is 8.24. The number of carbonyl (C=O) groups is 1. The SMILES string of the molecule is O=C(NC1CCCC1)c1cc(Cl)ccc1NS(=O)(=O)c1ccc(Cl)cc1. The van der Waals surface area contributed by atoms with Crippen LogP contribution >= 0.6 is 23.2 Å². The number of halogens is 2. The smallest absolute Gasteiger partial charge is 0.261 e. The number of rotatable bonds is 5. The van der Waals surface area contributed by atoms with Crippen molar-refractivity contribution >= 4 is 44.8 Å². The van der Waals surface area contributed by atoms with Crippen LogP contribution in [0.15, 0.2) is 47.4 Å². The van der Waals surface area contributed by atoms with Crippen LogP contribution in [-0.2, 0) is 10.0 Å². The van der Waals surface area contributed by atoms with Crippen LogP contribution in [0, 0.1) is 0 Å². The quantitative estimate of drug-likeness (QED) is 0.760. The van der Waals surface area contributed by atoms with Gasteiger partial charge in [0.15, 0.2) is 0 Å². The Balaban J connectivity index is 1.87. The normalized spacial score (nSPS) is 15.0. The third-order valence-electron chi connectivity index (χ3n) is 4.28. The zero-order chi connectivity index (χ0) is 18.7. The molecule has 0 atom stereocenters. The molecule has 1 saturated carbocycles. The predicted octanol–water partition coefficient (Wildman–Crippen LogP) is 4.47. The number of carbonyl (C=O) groups excluding carboxylic acids is 1. The maximum atomic E-state index is 12.6. The molecule has 1 aliphatic rings. The van der Waals surface area contributed by atoms with Crippen molar-refractivity contribution in [2.24, 2.45) is 0 Å². The van der Waals surface area contributed by atoms with Crippen molar-refractivity contribution in [3.63, 3.8) is 0 Å². The lowest BCUT2D eigenvalue weighted by atomic mass is 10.1. The van der Waals surface area contributed by atoms with E-state index in [1.807, 2.05) is 0 Å². The summed E-state index contributed by atoms with van der Waals surface area (Å²) >= 11 is 11.8. The minimum atomic E-state index is -3.86. The van der Waals surface area contributed by atoms with Crippen LogP contribution in [-0.4, -0.2) is 20.4 Å². The molecule has 2 aromatic carbocycles. The van der Waals surface area contributed by atoms with E-state index in [-0.39, 0.29) is 28.1 Å². The highest BCUT2D eigenvalue weighted by molar-refractivity contribution is 7.92. The van der Waals surface area contributed by atoms with Crippen LogP contribution < -0.4 is 10.0 Å². The molecular formula is C18H18Cl2N2O3S. The standard InChI is InChI=1S/C18H18Cl2N2O3S/c19-12-5-8-15(9-6-12)26(24,25)22-17-10-7-13(20)11-16(17)18(23)21-14-3-1-2-4-14/h5-11,14,22H,1-4H2,(H,21,23). The molecule has 0 unspecified atom stereocenters. The number of amides is 1. The van der Waals surface area contributed by atoms with E-state index in [0.717, 1.165) is 25.7 Å². The van der Waals surface area contributed by atoms with Gasteiger partial charge >= 0.3 is 0 Å². The van der Waals surface area contributed by atoms with Gasteiger partial charge < -0.3 is 5.32 Å². The Morgan fingerprint density at radius 2 is 1.58 bits per heavy atom. The molecule has 0 aliphatic heterocycles. The molecule has 0 saturated heterocycles. The average molecular weight is 413 g/mol. The summed E-state index contributed by atoms with van der Waals surface area (Å²) in [7, 11) is -3.86. The molecule has 8 heteroatoms. The second-order valence-electron chi connectivity index (χ2n) is 6.20. The van der Waals surface area contributed by atoms with Crippen molar-refractivity contribution in [3.8, 4) is 0 Å². The molecule has 5 nitrogen and oxygen atoms in total. The fourth-order valence-electron chi connectivity index (χ4n) is 2.94. The summed E-state index contributed by atoms with van der Waals surface area (Å²) in [5.41, 5.74) is 0.377. The van der Waals surface area contributed by atoms with E-state index < -0.39 is 10.0 Å². The highest BCUT2D eigenvalue weighted by atomic mass is 35.5. The summed E-state index contributed by atoms with van der Waals surface area (Å²) in [6.45, 7) is 0. The van der Waals surface area contributed by atoms with Crippen molar-refractivity contribution in [1.82, 2.24) is 5.32 Å². The molecule has 1 fully saturated rings. The van der Waals surface area contributed by atoms with Crippen LogP contribution in [0.4, 0.5) is 5.69 Å². The highest BCUT2D eigenvalue weighted by Gasteiger charge is 2.22. The monoisotopic (exact) mass is 412 g/mol. The van der Waals surface area contributed by atoms with E-state index >= 15 is 0 Å². The molecule has 3 rings (SSSR count). The molecule has 1 aliphatic carbocycles. The Labute approximate surface area is 162 Å². The van der Waals surface area contributed by atoms with Gasteiger partial charge in [-0.3, -0.25) is 9.52 Å². The van der Waals surface area contributed by atoms with Gasteiger partial charge in [-0.2, -0.15) is 0 Å². The summed E-state index contributed by atoms with van der Waals surface area (Å²) in [5.74, 6) is -0.340. The fourth-order valence-corrected chi connectivity index (χ4v) is 4.32. The zero-order valence-corrected chi connectivity index (χ0v) is 16.2. The third kappa shape index (κ3) is 4.50. The van der Waals surface area contributed by atoms with Gasteiger partial charge in [0, 0.05) is 16.1 Å². The average Bonchev–Trinajstić information content (AvgIpc) is 3.09. The second-order valence-corrected chi connectivity index (χ2v) is 8.76. The van der Waals surface area contributed by atoms with Crippen molar-refractivity contribution in [2.45, 2.75) is 36.6 Å². The van der Waals surface area contributed by atoms with E-state index in [0.29, 0.717) is 10.0 Å². The minimum absolute atomic E-state index is 0.0546. The van der Waals surface area contributed by atoms with Gasteiger partial charge in [0.25, 0.3) is 15.9 Å². The molecule has 0 aromatic heterocycles. The number of hydrogen-bond acceptors (Lipinski definition) is 3. The first-order chi connectivity index (χ1) is 12.3. The molecule has 2 aromatic rings. The first-order valence-corrected chi connectivity index (χ1v) is 10.5. The van der Waals surface area contributed by atoms with E-state index in [1.54, 1.807) is 0 Å². The largest absolute Gasteiger partial charge is 0.349 e. The van der Waals surface area contributed by atoms with Gasteiger partial charge in [0.05, 0.1) is 16.1 Å². The number of anilines is 1. The van der Waals surface area contributed by atoms with Gasteiger partial charge in [-0.25, -0.2) is 8.42 Å². The molecule has 0 radical (unpaired) electrons. The van der Waals surface area contributed by atoms with E-state index in [1.165, 1.54) is 42.5 Å². The number of benzene rings is 2. The number of nitrogens with one attached hydrogen (secondary N) is 2. The Morgan fingerprint density at radius 1 is 0.962 bits per heavy atom. The molecule has 2 N–H and O–H groups in total. The first kappa shape index (κ1) is 19.0. The Bertz CT molecular complexity index is 909. The van der Waals surface area contributed by atoms with Crippen LogP contribution in [0.5, 0.6) is 0 Å². The Hall–Kier alpha value is -1.76. The maximum Gasteiger partial charge on any atom is 0.261 e. The van der Waals surface area contributed by atoms with E-state index in [2.05, 4.69) is 10.0 Å². The highest BCUT2D eigenvalue weighted by Crippen LogP contribution is 2.25. The summed E-state index contributed by atoms with van der Waals surface area (Å²) in [4.78, 5) is 12.7. The molecule has 1 amide bonds. The van der Waals surface area contributed by atoms with Gasteiger partial charge in [-0.05, 0) is 55.3 Å². The second kappa shape index (κ2) is 7.86. The van der Waals surface area contributed by atoms with Crippen LogP contribution in [0.25, 0.3) is 0 Å². The molecule has 0 spiro atoms. The molecule has 0 heterocycles. The zero-order valence-electron chi connectivity index (χ0n) is 13.8. The number of hydrogen-bond donors (Lipinski definition) is 2. The van der Waals surface area contributed by atoms with Gasteiger partial charge in [-0.1, -0.05) is 36.0 Å². The third-order valence-corrected chi connectivity index (χ3v) is 6.15. The number of sulfonamides is 1. The minimum Gasteiger partial charge on any atom is -0.349 e. The van der Waals surface area contributed by atoms with Crippen molar-refractivity contribution in [2.75, 3.05) is 4.72 Å². The van der Waals surface area contributed by atoms with Crippen molar-refractivity contribution in [1.29, 1.82) is 0 Å². The van der Waals surface area contributed by atoms with Gasteiger partial charge in [-0.15, -0.1) is 0 Å². The fraction of sp³-hybridized carbons (Fsp3) is 0.278. The summed E-state index contributed by atoms with van der Waals surface area (Å²) < 4.78 is 27.7. The molecular weight excluding hydrogens is 395 g/mol. The molecule has 0 bridgehead atoms. The summed E-state index contributed by atoms with van der Waals surface area (Å²) in [6, 6.07) is 10.4. The van der Waals surface area contributed by atoms with Crippen LogP contribution in [0.1, 0.15) is 36.0 Å². The van der Waals surface area contributed by atoms with E-state index in [9.17, 15) is 13.2 Å². The lowest BCUT2D eigenvalue weighted by molar-refractivity contribution is 0.0939. The Kier molecular flexibility index (Phi) is 5.75. The summed E-state index contributed by atoms with van der Waals surface area (Å²) in [5, 5.41) is 3.74. The van der Waals surface area contributed by atoms with Crippen LogP contribution in [0.2, 0.25) is 10.0 Å². The van der Waals surface area contributed by atoms with E-state index in [4.69, 9.17) is 23.2 Å². The predicted molar refractivity (Wildman–Crippen MR) is 103 cm³/mol.